The van der Waals surface area contributed by atoms with Crippen molar-refractivity contribution in [3.8, 4) is 5.75 Å². The van der Waals surface area contributed by atoms with Crippen molar-refractivity contribution in [3.63, 3.8) is 0 Å². The molecule has 2 heterocycles. The Morgan fingerprint density at radius 3 is 2.47 bits per heavy atom. The van der Waals surface area contributed by atoms with Crippen LogP contribution in [0.4, 0.5) is 13.2 Å². The number of benzene rings is 1. The molecule has 2 N–H and O–H groups in total. The van der Waals surface area contributed by atoms with Gasteiger partial charge in [0.1, 0.15) is 11.9 Å². The number of hydrogen-bond donors (Lipinski definition) is 2. The van der Waals surface area contributed by atoms with Crippen molar-refractivity contribution in [3.05, 3.63) is 39.8 Å². The maximum atomic E-state index is 12.4. The second-order valence-corrected chi connectivity index (χ2v) is 9.32. The summed E-state index contributed by atoms with van der Waals surface area (Å²) in [7, 11) is -3.46. The molecule has 166 valence electrons. The molecule has 30 heavy (non-hydrogen) atoms. The molecule has 0 bridgehead atoms. The average molecular weight is 487 g/mol. The predicted molar refractivity (Wildman–Crippen MR) is 105 cm³/mol. The van der Waals surface area contributed by atoms with E-state index in [-0.39, 0.29) is 16.8 Å². The second-order valence-electron chi connectivity index (χ2n) is 6.20. The van der Waals surface area contributed by atoms with Gasteiger partial charge in [0, 0.05) is 5.38 Å². The Hall–Kier alpha value is -1.89. The predicted octanol–water partition coefficient (Wildman–Crippen LogP) is 3.53. The molecular weight excluding hydrogens is 469 g/mol. The zero-order valence-electron chi connectivity index (χ0n) is 15.4. The van der Waals surface area contributed by atoms with Crippen LogP contribution < -0.4 is 10.1 Å². The zero-order valence-corrected chi connectivity index (χ0v) is 17.7. The van der Waals surface area contributed by atoms with Gasteiger partial charge in [-0.15, -0.1) is 11.3 Å². The molecule has 3 rings (SSSR count). The highest BCUT2D eigenvalue weighted by Crippen LogP contribution is 2.30. The number of aliphatic carboxylic acids is 1. The van der Waals surface area contributed by atoms with Crippen LogP contribution in [0.15, 0.2) is 34.0 Å². The Balaban J connectivity index is 0.000000396. The highest BCUT2D eigenvalue weighted by atomic mass is 35.5. The van der Waals surface area contributed by atoms with E-state index in [0.29, 0.717) is 16.5 Å². The molecule has 1 aliphatic rings. The van der Waals surface area contributed by atoms with E-state index in [2.05, 4.69) is 10.3 Å². The monoisotopic (exact) mass is 486 g/mol. The Morgan fingerprint density at radius 1 is 1.33 bits per heavy atom. The largest absolute Gasteiger partial charge is 0.490 e. The summed E-state index contributed by atoms with van der Waals surface area (Å²) in [6, 6.07) is 4.64. The molecule has 1 aromatic carbocycles. The number of nitrogens with zero attached hydrogens (tertiary/aromatic N) is 1. The molecule has 7 nitrogen and oxygen atoms in total. The number of rotatable bonds is 5. The van der Waals surface area contributed by atoms with E-state index < -0.39 is 22.0 Å². The molecule has 0 amide bonds. The van der Waals surface area contributed by atoms with Gasteiger partial charge in [0.2, 0.25) is 0 Å². The van der Waals surface area contributed by atoms with Crippen LogP contribution in [-0.2, 0) is 20.4 Å². The van der Waals surface area contributed by atoms with E-state index in [9.17, 15) is 21.6 Å². The third-order valence-corrected chi connectivity index (χ3v) is 6.48. The number of alkyl halides is 3. The van der Waals surface area contributed by atoms with Crippen LogP contribution in [0.25, 0.3) is 0 Å². The number of piperidine rings is 1. The highest BCUT2D eigenvalue weighted by molar-refractivity contribution is 7.90. The molecule has 0 saturated carbocycles. The fraction of sp³-hybridized carbons (Fsp3) is 0.412. The number of carbonyl (C=O) groups is 1. The van der Waals surface area contributed by atoms with Crippen LogP contribution in [0, 0.1) is 0 Å². The van der Waals surface area contributed by atoms with Crippen LogP contribution in [0.5, 0.6) is 5.75 Å². The lowest BCUT2D eigenvalue weighted by molar-refractivity contribution is -0.192. The molecule has 1 aliphatic heterocycles. The van der Waals surface area contributed by atoms with Crippen molar-refractivity contribution in [2.75, 3.05) is 13.1 Å². The van der Waals surface area contributed by atoms with Gasteiger partial charge in [-0.25, -0.2) is 18.2 Å². The summed E-state index contributed by atoms with van der Waals surface area (Å²) in [4.78, 5) is 13.1. The maximum absolute atomic E-state index is 12.4. The number of ether oxygens (including phenoxy) is 1. The minimum Gasteiger partial charge on any atom is -0.489 e. The number of thiazole rings is 1. The number of nitrogens with one attached hydrogen (secondary N) is 1. The number of aromatic nitrogens is 1. The Labute approximate surface area is 179 Å². The first-order valence-corrected chi connectivity index (χ1v) is 11.5. The van der Waals surface area contributed by atoms with Crippen molar-refractivity contribution in [1.29, 1.82) is 0 Å². The zero-order chi connectivity index (χ0) is 22.4. The van der Waals surface area contributed by atoms with Crippen LogP contribution in [0.2, 0.25) is 5.02 Å². The van der Waals surface area contributed by atoms with E-state index in [0.717, 1.165) is 25.9 Å². The smallest absolute Gasteiger partial charge is 0.489 e. The van der Waals surface area contributed by atoms with Crippen LogP contribution >= 0.6 is 22.9 Å². The van der Waals surface area contributed by atoms with Crippen LogP contribution in [0.3, 0.4) is 0 Å². The van der Waals surface area contributed by atoms with Crippen LogP contribution in [-0.4, -0.2) is 49.8 Å². The number of carboxylic acids is 1. The van der Waals surface area contributed by atoms with E-state index in [1.54, 1.807) is 23.0 Å². The van der Waals surface area contributed by atoms with Gasteiger partial charge < -0.3 is 15.2 Å². The summed E-state index contributed by atoms with van der Waals surface area (Å²) >= 11 is 7.59. The summed E-state index contributed by atoms with van der Waals surface area (Å²) < 4.78 is 62.4. The Morgan fingerprint density at radius 2 is 1.97 bits per heavy atom. The summed E-state index contributed by atoms with van der Waals surface area (Å²) in [6.07, 6.45) is -3.13. The first-order chi connectivity index (χ1) is 14.0. The quantitative estimate of drug-likeness (QED) is 0.666. The lowest BCUT2D eigenvalue weighted by Crippen LogP contribution is -2.34. The molecule has 2 aromatic rings. The summed E-state index contributed by atoms with van der Waals surface area (Å²) in [5.74, 6) is -2.35. The first kappa shape index (κ1) is 24.4. The molecule has 1 fully saturated rings. The molecular formula is C17H18ClF3N2O5S2. The van der Waals surface area contributed by atoms with Crippen molar-refractivity contribution in [2.24, 2.45) is 0 Å². The minimum atomic E-state index is -5.08. The summed E-state index contributed by atoms with van der Waals surface area (Å²) in [5, 5.41) is 12.4. The Kier molecular flexibility index (Phi) is 8.47. The van der Waals surface area contributed by atoms with Gasteiger partial charge in [0.05, 0.1) is 26.9 Å². The average Bonchev–Trinajstić information content (AvgIpc) is 3.16. The molecule has 0 spiro atoms. The molecule has 1 aromatic heterocycles. The number of sulfone groups is 1. The Bertz CT molecular complexity index is 947. The van der Waals surface area contributed by atoms with Crippen molar-refractivity contribution < 1.29 is 36.2 Å². The third-order valence-electron chi connectivity index (χ3n) is 3.91. The maximum Gasteiger partial charge on any atom is 0.490 e. The second kappa shape index (κ2) is 10.4. The standard InChI is InChI=1S/C15H17ClN2O3S2.C2HF3O2/c16-14-7-13(23(19,20)9-11-8-22-10-18-11)1-2-15(14)21-12-3-5-17-6-4-12;3-2(4,5)1(6)7/h1-2,7-8,10,12,17H,3-6,9H2;(H,6,7). The summed E-state index contributed by atoms with van der Waals surface area (Å²) in [6.45, 7) is 1.84. The lowest BCUT2D eigenvalue weighted by Gasteiger charge is -2.24. The molecule has 0 atom stereocenters. The van der Waals surface area contributed by atoms with Crippen molar-refractivity contribution in [1.82, 2.24) is 10.3 Å². The molecule has 0 radical (unpaired) electrons. The topological polar surface area (TPSA) is 106 Å². The fourth-order valence-corrected chi connectivity index (χ4v) is 4.69. The van der Waals surface area contributed by atoms with Crippen molar-refractivity contribution >= 4 is 38.7 Å². The van der Waals surface area contributed by atoms with E-state index in [1.807, 2.05) is 0 Å². The van der Waals surface area contributed by atoms with Gasteiger partial charge in [-0.1, -0.05) is 11.6 Å². The van der Waals surface area contributed by atoms with Gasteiger partial charge in [0.15, 0.2) is 9.84 Å². The highest BCUT2D eigenvalue weighted by Gasteiger charge is 2.38. The van der Waals surface area contributed by atoms with Gasteiger partial charge in [0.25, 0.3) is 0 Å². The van der Waals surface area contributed by atoms with Gasteiger partial charge in [-0.2, -0.15) is 13.2 Å². The van der Waals surface area contributed by atoms with E-state index >= 15 is 0 Å². The van der Waals surface area contributed by atoms with Gasteiger partial charge >= 0.3 is 12.1 Å². The number of halogens is 4. The molecule has 13 heteroatoms. The summed E-state index contributed by atoms with van der Waals surface area (Å²) in [5.41, 5.74) is 2.16. The van der Waals surface area contributed by atoms with Gasteiger partial charge in [-0.3, -0.25) is 0 Å². The molecule has 1 saturated heterocycles. The fourth-order valence-electron chi connectivity index (χ4n) is 2.45. The normalized spacial score (nSPS) is 15.2. The van der Waals surface area contributed by atoms with Crippen LogP contribution in [0.1, 0.15) is 18.5 Å². The minimum absolute atomic E-state index is 0.117. The number of carboxylic acid groups (broad SMARTS) is 1. The van der Waals surface area contributed by atoms with Gasteiger partial charge in [-0.05, 0) is 44.1 Å². The SMILES string of the molecule is O=C(O)C(F)(F)F.O=S(=O)(Cc1cscn1)c1ccc(OC2CCNCC2)c(Cl)c1. The van der Waals surface area contributed by atoms with E-state index in [4.69, 9.17) is 26.2 Å². The molecule has 0 aliphatic carbocycles. The first-order valence-electron chi connectivity index (χ1n) is 8.56. The molecule has 0 unspecified atom stereocenters. The number of hydrogen-bond acceptors (Lipinski definition) is 7. The third kappa shape index (κ3) is 7.42. The van der Waals surface area contributed by atoms with Crippen molar-refractivity contribution in [2.45, 2.75) is 35.8 Å². The lowest BCUT2D eigenvalue weighted by atomic mass is 10.1. The van der Waals surface area contributed by atoms with E-state index in [1.165, 1.54) is 17.4 Å².